The van der Waals surface area contributed by atoms with Crippen molar-refractivity contribution in [2.75, 3.05) is 0 Å². The first kappa shape index (κ1) is 14.0. The van der Waals surface area contributed by atoms with Crippen LogP contribution in [-0.4, -0.2) is 16.1 Å². The molecule has 0 saturated carbocycles. The number of aromatic carboxylic acids is 1. The summed E-state index contributed by atoms with van der Waals surface area (Å²) >= 11 is 0. The molecule has 0 fully saturated rings. The Morgan fingerprint density at radius 3 is 2.50 bits per heavy atom. The van der Waals surface area contributed by atoms with E-state index in [0.717, 1.165) is 12.1 Å². The number of hydrogen-bond acceptors (Lipinski definition) is 3. The van der Waals surface area contributed by atoms with E-state index in [1.807, 2.05) is 0 Å². The zero-order valence-corrected chi connectivity index (χ0v) is 9.95. The molecular weight excluding hydrogens is 282 g/mol. The van der Waals surface area contributed by atoms with Gasteiger partial charge in [-0.25, -0.2) is 14.2 Å². The van der Waals surface area contributed by atoms with Crippen LogP contribution in [0.15, 0.2) is 22.6 Å². The molecule has 2 aromatic rings. The van der Waals surface area contributed by atoms with Crippen LogP contribution in [0.3, 0.4) is 0 Å². The quantitative estimate of drug-likeness (QED) is 0.859. The van der Waals surface area contributed by atoms with Crippen LogP contribution in [-0.2, 0) is 6.18 Å². The van der Waals surface area contributed by atoms with Gasteiger partial charge in [0.1, 0.15) is 11.6 Å². The van der Waals surface area contributed by atoms with E-state index in [4.69, 9.17) is 9.52 Å². The van der Waals surface area contributed by atoms with E-state index in [2.05, 4.69) is 4.98 Å². The Hall–Kier alpha value is -2.38. The molecule has 0 aliphatic rings. The molecule has 0 radical (unpaired) electrons. The Labute approximate surface area is 109 Å². The second-order valence-corrected chi connectivity index (χ2v) is 3.89. The van der Waals surface area contributed by atoms with Gasteiger partial charge in [-0.3, -0.25) is 0 Å². The average Bonchev–Trinajstić information content (AvgIpc) is 2.70. The number of hydrogen-bond donors (Lipinski definition) is 1. The number of carbonyl (C=O) groups is 1. The minimum absolute atomic E-state index is 0.121. The SMILES string of the molecule is Cc1oc(-c2cccc(C(F)(F)F)c2F)nc1C(=O)O. The fourth-order valence-corrected chi connectivity index (χ4v) is 1.63. The average molecular weight is 289 g/mol. The molecule has 1 heterocycles. The minimum Gasteiger partial charge on any atom is -0.476 e. The lowest BCUT2D eigenvalue weighted by atomic mass is 10.1. The van der Waals surface area contributed by atoms with E-state index in [1.54, 1.807) is 0 Å². The number of nitrogens with zero attached hydrogens (tertiary/aromatic N) is 1. The summed E-state index contributed by atoms with van der Waals surface area (Å²) in [5.74, 6) is -3.60. The van der Waals surface area contributed by atoms with Crippen molar-refractivity contribution >= 4 is 5.97 Å². The van der Waals surface area contributed by atoms with Crippen molar-refractivity contribution in [3.05, 3.63) is 41.0 Å². The van der Waals surface area contributed by atoms with Crippen molar-refractivity contribution in [2.24, 2.45) is 0 Å². The summed E-state index contributed by atoms with van der Waals surface area (Å²) in [4.78, 5) is 14.3. The normalized spacial score (nSPS) is 11.7. The van der Waals surface area contributed by atoms with E-state index in [0.29, 0.717) is 6.07 Å². The van der Waals surface area contributed by atoms with Crippen molar-refractivity contribution in [3.63, 3.8) is 0 Å². The Morgan fingerprint density at radius 2 is 2.00 bits per heavy atom. The first-order valence-corrected chi connectivity index (χ1v) is 5.28. The highest BCUT2D eigenvalue weighted by Crippen LogP contribution is 2.35. The van der Waals surface area contributed by atoms with Crippen LogP contribution >= 0.6 is 0 Å². The molecule has 0 saturated heterocycles. The highest BCUT2D eigenvalue weighted by Gasteiger charge is 2.35. The molecule has 0 unspecified atom stereocenters. The third kappa shape index (κ3) is 2.36. The summed E-state index contributed by atoms with van der Waals surface area (Å²) in [6.07, 6.45) is -4.86. The standard InChI is InChI=1S/C12H7F4NO3/c1-5-9(11(18)19)17-10(20-5)6-3-2-4-7(8(6)13)12(14,15)16/h2-4H,1H3,(H,18,19). The summed E-state index contributed by atoms with van der Waals surface area (Å²) in [7, 11) is 0. The molecule has 0 bridgehead atoms. The van der Waals surface area contributed by atoms with Crippen molar-refractivity contribution in [2.45, 2.75) is 13.1 Å². The van der Waals surface area contributed by atoms with Gasteiger partial charge in [0.25, 0.3) is 0 Å². The number of carboxylic acids is 1. The Balaban J connectivity index is 2.60. The molecule has 4 nitrogen and oxygen atoms in total. The fraction of sp³-hybridized carbons (Fsp3) is 0.167. The number of halogens is 4. The largest absolute Gasteiger partial charge is 0.476 e. The minimum atomic E-state index is -4.86. The summed E-state index contributed by atoms with van der Waals surface area (Å²) in [5, 5.41) is 8.78. The maximum Gasteiger partial charge on any atom is 0.419 e. The summed E-state index contributed by atoms with van der Waals surface area (Å²) in [6.45, 7) is 1.27. The molecule has 2 rings (SSSR count). The van der Waals surface area contributed by atoms with Crippen LogP contribution in [0.25, 0.3) is 11.5 Å². The predicted octanol–water partition coefficient (Wildman–Crippen LogP) is 3.51. The van der Waals surface area contributed by atoms with Crippen LogP contribution in [0.2, 0.25) is 0 Å². The first-order chi connectivity index (χ1) is 9.21. The molecular formula is C12H7F4NO3. The van der Waals surface area contributed by atoms with Crippen LogP contribution in [0, 0.1) is 12.7 Å². The highest BCUT2D eigenvalue weighted by molar-refractivity contribution is 5.87. The van der Waals surface area contributed by atoms with E-state index in [-0.39, 0.29) is 5.76 Å². The number of alkyl halides is 3. The molecule has 0 atom stereocenters. The lowest BCUT2D eigenvalue weighted by molar-refractivity contribution is -0.139. The van der Waals surface area contributed by atoms with Crippen LogP contribution in [0.1, 0.15) is 21.8 Å². The van der Waals surface area contributed by atoms with E-state index >= 15 is 0 Å². The van der Waals surface area contributed by atoms with E-state index < -0.39 is 40.7 Å². The monoisotopic (exact) mass is 289 g/mol. The molecule has 1 aromatic carbocycles. The number of oxazole rings is 1. The highest BCUT2D eigenvalue weighted by atomic mass is 19.4. The topological polar surface area (TPSA) is 63.3 Å². The van der Waals surface area contributed by atoms with Crippen LogP contribution in [0.4, 0.5) is 17.6 Å². The first-order valence-electron chi connectivity index (χ1n) is 5.28. The third-order valence-corrected chi connectivity index (χ3v) is 2.53. The predicted molar refractivity (Wildman–Crippen MR) is 58.6 cm³/mol. The van der Waals surface area contributed by atoms with Gasteiger partial charge in [-0.2, -0.15) is 13.2 Å². The van der Waals surface area contributed by atoms with Gasteiger partial charge in [-0.1, -0.05) is 6.07 Å². The second kappa shape index (κ2) is 4.62. The third-order valence-electron chi connectivity index (χ3n) is 2.53. The molecule has 0 aliphatic carbocycles. The Morgan fingerprint density at radius 1 is 1.35 bits per heavy atom. The molecule has 20 heavy (non-hydrogen) atoms. The van der Waals surface area contributed by atoms with Crippen molar-refractivity contribution in [1.29, 1.82) is 0 Å². The summed E-state index contributed by atoms with van der Waals surface area (Å²) in [6, 6.07) is 2.59. The Kier molecular flexibility index (Phi) is 3.24. The number of aryl methyl sites for hydroxylation is 1. The second-order valence-electron chi connectivity index (χ2n) is 3.89. The van der Waals surface area contributed by atoms with Gasteiger partial charge in [0.05, 0.1) is 11.1 Å². The molecule has 0 spiro atoms. The van der Waals surface area contributed by atoms with Crippen molar-refractivity contribution in [3.8, 4) is 11.5 Å². The van der Waals surface area contributed by atoms with Gasteiger partial charge >= 0.3 is 12.1 Å². The van der Waals surface area contributed by atoms with Gasteiger partial charge in [0.15, 0.2) is 5.69 Å². The summed E-state index contributed by atoms with van der Waals surface area (Å²) in [5.41, 5.74) is -2.49. The van der Waals surface area contributed by atoms with Crippen LogP contribution < -0.4 is 0 Å². The molecule has 1 aromatic heterocycles. The molecule has 1 N–H and O–H groups in total. The van der Waals surface area contributed by atoms with Crippen molar-refractivity contribution < 1.29 is 31.9 Å². The number of aromatic nitrogens is 1. The lowest BCUT2D eigenvalue weighted by Gasteiger charge is -2.09. The Bertz CT molecular complexity index is 676. The van der Waals surface area contributed by atoms with Crippen LogP contribution in [0.5, 0.6) is 0 Å². The zero-order chi connectivity index (χ0) is 15.1. The number of benzene rings is 1. The van der Waals surface area contributed by atoms with Crippen molar-refractivity contribution in [1.82, 2.24) is 4.98 Å². The van der Waals surface area contributed by atoms with E-state index in [9.17, 15) is 22.4 Å². The maximum absolute atomic E-state index is 13.8. The van der Waals surface area contributed by atoms with Gasteiger partial charge in [0, 0.05) is 0 Å². The zero-order valence-electron chi connectivity index (χ0n) is 9.95. The molecule has 8 heteroatoms. The van der Waals surface area contributed by atoms with Gasteiger partial charge < -0.3 is 9.52 Å². The summed E-state index contributed by atoms with van der Waals surface area (Å²) < 4.78 is 56.5. The smallest absolute Gasteiger partial charge is 0.419 e. The maximum atomic E-state index is 13.8. The fourth-order valence-electron chi connectivity index (χ4n) is 1.63. The molecule has 106 valence electrons. The lowest BCUT2D eigenvalue weighted by Crippen LogP contribution is -2.08. The molecule has 0 amide bonds. The van der Waals surface area contributed by atoms with E-state index in [1.165, 1.54) is 6.92 Å². The molecule has 0 aliphatic heterocycles. The number of carboxylic acid groups (broad SMARTS) is 1. The van der Waals surface area contributed by atoms with Gasteiger partial charge in [0.2, 0.25) is 5.89 Å². The van der Waals surface area contributed by atoms with Gasteiger partial charge in [-0.05, 0) is 19.1 Å². The number of rotatable bonds is 2. The van der Waals surface area contributed by atoms with Gasteiger partial charge in [-0.15, -0.1) is 0 Å².